The summed E-state index contributed by atoms with van der Waals surface area (Å²) in [6.07, 6.45) is 2.25. The second kappa shape index (κ2) is 10.1. The Morgan fingerprint density at radius 1 is 1.23 bits per heavy atom. The summed E-state index contributed by atoms with van der Waals surface area (Å²) in [5.41, 5.74) is 4.17. The van der Waals surface area contributed by atoms with Crippen molar-refractivity contribution in [3.8, 4) is 5.75 Å². The van der Waals surface area contributed by atoms with Crippen molar-refractivity contribution in [2.45, 2.75) is 12.5 Å². The van der Waals surface area contributed by atoms with Gasteiger partial charge in [-0.1, -0.05) is 42.5 Å². The molecule has 2 aromatic carbocycles. The van der Waals surface area contributed by atoms with Gasteiger partial charge >= 0.3 is 0 Å². The van der Waals surface area contributed by atoms with Gasteiger partial charge < -0.3 is 19.8 Å². The molecule has 0 bridgehead atoms. The first-order valence-corrected chi connectivity index (χ1v) is 10.2. The number of allylic oxidation sites excluding steroid dienone is 1. The maximum atomic E-state index is 13.5. The van der Waals surface area contributed by atoms with Gasteiger partial charge in [-0.25, -0.2) is 0 Å². The van der Waals surface area contributed by atoms with Crippen molar-refractivity contribution in [1.82, 2.24) is 10.2 Å². The highest BCUT2D eigenvalue weighted by atomic mass is 16.5. The topological polar surface area (TPSA) is 74.7 Å². The molecule has 162 valence electrons. The number of nitrogens with zero attached hydrogens (tertiary/aromatic N) is 1. The molecule has 1 unspecified atom stereocenters. The number of carbonyl (C=O) groups excluding carboxylic acids is 1. The highest BCUT2D eigenvalue weighted by Crippen LogP contribution is 2.31. The lowest BCUT2D eigenvalue weighted by molar-refractivity contribution is -0.131. The first kappa shape index (κ1) is 22.3. The smallest absolute Gasteiger partial charge is 0.244 e. The van der Waals surface area contributed by atoms with Crippen LogP contribution in [0.25, 0.3) is 5.57 Å². The number of fused-ring (bicyclic) bond motifs is 1. The molecule has 2 aromatic rings. The number of methoxy groups -OCH3 is 2. The maximum Gasteiger partial charge on any atom is 0.244 e. The molecule has 0 heterocycles. The zero-order valence-corrected chi connectivity index (χ0v) is 18.3. The van der Waals surface area contributed by atoms with Gasteiger partial charge in [0.25, 0.3) is 0 Å². The van der Waals surface area contributed by atoms with E-state index in [2.05, 4.69) is 11.9 Å². The predicted molar refractivity (Wildman–Crippen MR) is 123 cm³/mol. The zero-order chi connectivity index (χ0) is 22.4. The van der Waals surface area contributed by atoms with E-state index in [-0.39, 0.29) is 5.91 Å². The molecule has 31 heavy (non-hydrogen) atoms. The molecule has 0 saturated heterocycles. The van der Waals surface area contributed by atoms with E-state index in [1.165, 1.54) is 0 Å². The van der Waals surface area contributed by atoms with E-state index in [1.54, 1.807) is 32.2 Å². The van der Waals surface area contributed by atoms with Gasteiger partial charge in [0.2, 0.25) is 5.91 Å². The second-order valence-electron chi connectivity index (χ2n) is 7.43. The van der Waals surface area contributed by atoms with Crippen LogP contribution in [0.2, 0.25) is 0 Å². The van der Waals surface area contributed by atoms with E-state index in [0.717, 1.165) is 22.3 Å². The van der Waals surface area contributed by atoms with Crippen LogP contribution in [0.15, 0.2) is 66.9 Å². The zero-order valence-electron chi connectivity index (χ0n) is 18.3. The molecular formula is C25H29N3O3. The number of carbonyl (C=O) groups is 1. The Balaban J connectivity index is 1.92. The molecule has 0 aromatic heterocycles. The van der Waals surface area contributed by atoms with Gasteiger partial charge in [-0.05, 0) is 28.8 Å². The summed E-state index contributed by atoms with van der Waals surface area (Å²) in [6.45, 7) is 4.57. The predicted octanol–water partition coefficient (Wildman–Crippen LogP) is 3.60. The van der Waals surface area contributed by atoms with Crippen molar-refractivity contribution in [2.75, 3.05) is 34.4 Å². The summed E-state index contributed by atoms with van der Waals surface area (Å²) in [7, 11) is 4.95. The average Bonchev–Trinajstić information content (AvgIpc) is 2.79. The number of likely N-dealkylation sites (N-methyl/N-ethyl adjacent to an activating group) is 1. The van der Waals surface area contributed by atoms with Crippen LogP contribution < -0.4 is 10.1 Å². The largest absolute Gasteiger partial charge is 0.497 e. The van der Waals surface area contributed by atoms with Crippen LogP contribution in [0.1, 0.15) is 22.7 Å². The van der Waals surface area contributed by atoms with Crippen LogP contribution in [0, 0.1) is 5.41 Å². The molecule has 1 aliphatic carbocycles. The van der Waals surface area contributed by atoms with Crippen molar-refractivity contribution < 1.29 is 14.3 Å². The van der Waals surface area contributed by atoms with Crippen molar-refractivity contribution in [2.24, 2.45) is 0 Å². The highest BCUT2D eigenvalue weighted by Gasteiger charge is 2.28. The van der Waals surface area contributed by atoms with Crippen molar-refractivity contribution >= 4 is 17.2 Å². The monoisotopic (exact) mass is 419 g/mol. The summed E-state index contributed by atoms with van der Waals surface area (Å²) in [5.74, 6) is 1.14. The summed E-state index contributed by atoms with van der Waals surface area (Å²) in [5, 5.41) is 11.6. The number of hydrogen-bond acceptors (Lipinski definition) is 5. The van der Waals surface area contributed by atoms with Crippen LogP contribution in [-0.2, 0) is 16.0 Å². The van der Waals surface area contributed by atoms with Crippen LogP contribution >= 0.6 is 0 Å². The second-order valence-corrected chi connectivity index (χ2v) is 7.43. The van der Waals surface area contributed by atoms with E-state index >= 15 is 0 Å². The van der Waals surface area contributed by atoms with Crippen LogP contribution in [0.3, 0.4) is 0 Å². The summed E-state index contributed by atoms with van der Waals surface area (Å²) in [6, 6.07) is 14.9. The third kappa shape index (κ3) is 4.86. The van der Waals surface area contributed by atoms with E-state index in [4.69, 9.17) is 14.9 Å². The minimum atomic E-state index is -0.553. The van der Waals surface area contributed by atoms with Crippen molar-refractivity contribution in [3.05, 3.63) is 83.6 Å². The normalized spacial score (nSPS) is 14.0. The lowest BCUT2D eigenvalue weighted by atomic mass is 9.88. The molecular weight excluding hydrogens is 390 g/mol. The van der Waals surface area contributed by atoms with Gasteiger partial charge in [0.1, 0.15) is 17.6 Å². The molecule has 1 aliphatic rings. The van der Waals surface area contributed by atoms with E-state index < -0.39 is 6.04 Å². The van der Waals surface area contributed by atoms with Crippen LogP contribution in [0.5, 0.6) is 5.75 Å². The maximum absolute atomic E-state index is 13.5. The van der Waals surface area contributed by atoms with Crippen molar-refractivity contribution in [1.29, 1.82) is 5.41 Å². The van der Waals surface area contributed by atoms with Gasteiger partial charge in [0, 0.05) is 32.1 Å². The number of benzene rings is 2. The summed E-state index contributed by atoms with van der Waals surface area (Å²) >= 11 is 0. The Morgan fingerprint density at radius 2 is 2.00 bits per heavy atom. The molecule has 2 N–H and O–H groups in total. The first-order chi connectivity index (χ1) is 15.0. The molecule has 0 saturated carbocycles. The minimum Gasteiger partial charge on any atom is -0.497 e. The third-order valence-electron chi connectivity index (χ3n) is 5.37. The molecule has 0 radical (unpaired) electrons. The van der Waals surface area contributed by atoms with Gasteiger partial charge in [-0.2, -0.15) is 0 Å². The lowest BCUT2D eigenvalue weighted by Gasteiger charge is -2.29. The quantitative estimate of drug-likeness (QED) is 0.609. The Kier molecular flexibility index (Phi) is 7.26. The number of hydrogen-bond donors (Lipinski definition) is 2. The Bertz CT molecular complexity index is 1010. The third-order valence-corrected chi connectivity index (χ3v) is 5.37. The SMILES string of the molecule is C=CCNC(C(=O)N(C)CC1=C(OC)C(=N)Cc2ccccc21)c1cccc(OC)c1. The highest BCUT2D eigenvalue weighted by molar-refractivity contribution is 6.07. The van der Waals surface area contributed by atoms with Crippen molar-refractivity contribution in [3.63, 3.8) is 0 Å². The standard InChI is InChI=1S/C25H29N3O3/c1-5-13-27-23(18-10-8-11-19(14-18)30-3)25(29)28(2)16-21-20-12-7-6-9-17(20)15-22(26)24(21)31-4/h5-12,14,23,26-27H,1,13,15-16H2,2-4H3. The summed E-state index contributed by atoms with van der Waals surface area (Å²) < 4.78 is 10.9. The van der Waals surface area contributed by atoms with Crippen LogP contribution in [0.4, 0.5) is 0 Å². The Labute approximate surface area is 183 Å². The summed E-state index contributed by atoms with van der Waals surface area (Å²) in [4.78, 5) is 15.2. The molecule has 3 rings (SSSR count). The molecule has 0 spiro atoms. The van der Waals surface area contributed by atoms with Crippen LogP contribution in [-0.4, -0.2) is 50.9 Å². The number of rotatable bonds is 9. The molecule has 6 nitrogen and oxygen atoms in total. The molecule has 1 atom stereocenters. The average molecular weight is 420 g/mol. The first-order valence-electron chi connectivity index (χ1n) is 10.2. The van der Waals surface area contributed by atoms with Gasteiger partial charge in [-0.15, -0.1) is 6.58 Å². The number of ether oxygens (including phenoxy) is 2. The molecule has 6 heteroatoms. The Hall–Kier alpha value is -3.38. The fraction of sp³-hybridized carbons (Fsp3) is 0.280. The van der Waals surface area contributed by atoms with Gasteiger partial charge in [0.15, 0.2) is 0 Å². The molecule has 1 amide bonds. The fourth-order valence-electron chi connectivity index (χ4n) is 3.85. The van der Waals surface area contributed by atoms with Gasteiger partial charge in [0.05, 0.1) is 19.9 Å². The number of amides is 1. The van der Waals surface area contributed by atoms with Gasteiger partial charge in [-0.3, -0.25) is 10.1 Å². The number of nitrogens with one attached hydrogen (secondary N) is 2. The molecule has 0 aliphatic heterocycles. The molecule has 0 fully saturated rings. The van der Waals surface area contributed by atoms with E-state index in [9.17, 15) is 4.79 Å². The fourth-order valence-corrected chi connectivity index (χ4v) is 3.85. The van der Waals surface area contributed by atoms with E-state index in [0.29, 0.717) is 36.7 Å². The van der Waals surface area contributed by atoms with E-state index in [1.807, 2.05) is 48.5 Å². The lowest BCUT2D eigenvalue weighted by Crippen LogP contribution is -2.40. The minimum absolute atomic E-state index is 0.0901. The Morgan fingerprint density at radius 3 is 2.71 bits per heavy atom.